The number of para-hydroxylation sites is 1. The number of fused-ring (bicyclic) bond motifs is 1. The van der Waals surface area contributed by atoms with Crippen molar-refractivity contribution in [3.05, 3.63) is 50.9 Å². The highest BCUT2D eigenvalue weighted by Crippen LogP contribution is 2.19. The molecule has 3 aromatic rings. The summed E-state index contributed by atoms with van der Waals surface area (Å²) < 4.78 is 3.02. The molecule has 3 rings (SSSR count). The Hall–Kier alpha value is -1.39. The van der Waals surface area contributed by atoms with Crippen molar-refractivity contribution in [1.29, 1.82) is 0 Å². The summed E-state index contributed by atoms with van der Waals surface area (Å²) in [6, 6.07) is 8.45. The quantitative estimate of drug-likeness (QED) is 0.706. The van der Waals surface area contributed by atoms with Crippen molar-refractivity contribution >= 4 is 34.6 Å². The van der Waals surface area contributed by atoms with Crippen molar-refractivity contribution in [2.24, 2.45) is 0 Å². The second kappa shape index (κ2) is 4.71. The number of benzene rings is 1. The van der Waals surface area contributed by atoms with Gasteiger partial charge >= 0.3 is 0 Å². The standard InChI is InChI=1S/C14H14N2S2/c1-10-3-2-4-12-13(10)16(14(17)15-12)7-5-11-6-8-18-9-11/h2-4,6,8-9H,5,7H2,1H3,(H,15,17). The van der Waals surface area contributed by atoms with Crippen LogP contribution in [-0.2, 0) is 13.0 Å². The number of nitrogens with zero attached hydrogens (tertiary/aromatic N) is 1. The number of hydrogen-bond acceptors (Lipinski definition) is 2. The fourth-order valence-corrected chi connectivity index (χ4v) is 3.29. The van der Waals surface area contributed by atoms with E-state index in [1.807, 2.05) is 0 Å². The van der Waals surface area contributed by atoms with Crippen LogP contribution in [0.5, 0.6) is 0 Å². The summed E-state index contributed by atoms with van der Waals surface area (Å²) >= 11 is 7.16. The summed E-state index contributed by atoms with van der Waals surface area (Å²) in [6.07, 6.45) is 1.03. The number of H-pyrrole nitrogens is 1. The van der Waals surface area contributed by atoms with Crippen molar-refractivity contribution in [3.63, 3.8) is 0 Å². The van der Waals surface area contributed by atoms with E-state index in [1.54, 1.807) is 11.3 Å². The highest BCUT2D eigenvalue weighted by molar-refractivity contribution is 7.71. The number of imidazole rings is 1. The molecular weight excluding hydrogens is 260 g/mol. The first-order chi connectivity index (χ1) is 8.75. The SMILES string of the molecule is Cc1cccc2[nH]c(=S)n(CCc3ccsc3)c12. The second-order valence-corrected chi connectivity index (χ2v) is 5.60. The monoisotopic (exact) mass is 274 g/mol. The maximum absolute atomic E-state index is 5.42. The molecule has 0 amide bonds. The molecule has 2 aromatic heterocycles. The van der Waals surface area contributed by atoms with E-state index in [9.17, 15) is 0 Å². The van der Waals surface area contributed by atoms with Crippen LogP contribution in [0.2, 0.25) is 0 Å². The number of aromatic nitrogens is 2. The molecule has 0 aliphatic carbocycles. The molecule has 0 radical (unpaired) electrons. The van der Waals surface area contributed by atoms with Crippen LogP contribution in [0.25, 0.3) is 11.0 Å². The lowest BCUT2D eigenvalue weighted by molar-refractivity contribution is 0.706. The molecule has 0 aliphatic rings. The predicted molar refractivity (Wildman–Crippen MR) is 79.9 cm³/mol. The van der Waals surface area contributed by atoms with E-state index in [0.717, 1.165) is 23.3 Å². The molecule has 1 N–H and O–H groups in total. The number of aromatic amines is 1. The van der Waals surface area contributed by atoms with Gasteiger partial charge in [-0.1, -0.05) is 12.1 Å². The fourth-order valence-electron chi connectivity index (χ4n) is 2.29. The number of thiophene rings is 1. The van der Waals surface area contributed by atoms with Crippen LogP contribution in [0.3, 0.4) is 0 Å². The molecule has 0 aliphatic heterocycles. The molecule has 0 fully saturated rings. The van der Waals surface area contributed by atoms with Gasteiger partial charge in [-0.2, -0.15) is 11.3 Å². The summed E-state index contributed by atoms with van der Waals surface area (Å²) in [5.41, 5.74) is 5.01. The Morgan fingerprint density at radius 2 is 2.22 bits per heavy atom. The Kier molecular flexibility index (Phi) is 3.06. The van der Waals surface area contributed by atoms with Crippen LogP contribution in [0.4, 0.5) is 0 Å². The van der Waals surface area contributed by atoms with Crippen LogP contribution in [0, 0.1) is 11.7 Å². The number of aryl methyl sites for hydroxylation is 3. The lowest BCUT2D eigenvalue weighted by atomic mass is 10.2. The van der Waals surface area contributed by atoms with E-state index >= 15 is 0 Å². The zero-order valence-electron chi connectivity index (χ0n) is 10.1. The summed E-state index contributed by atoms with van der Waals surface area (Å²) in [5.74, 6) is 0. The molecule has 0 saturated carbocycles. The van der Waals surface area contributed by atoms with Crippen molar-refractivity contribution in [3.8, 4) is 0 Å². The van der Waals surface area contributed by atoms with E-state index in [2.05, 4.69) is 51.5 Å². The molecular formula is C14H14N2S2. The summed E-state index contributed by atoms with van der Waals surface area (Å²) in [4.78, 5) is 3.28. The third-order valence-corrected chi connectivity index (χ3v) is 4.25. The van der Waals surface area contributed by atoms with Gasteiger partial charge in [-0.3, -0.25) is 0 Å². The van der Waals surface area contributed by atoms with Crippen LogP contribution < -0.4 is 0 Å². The third kappa shape index (κ3) is 2.02. The molecule has 1 aromatic carbocycles. The number of rotatable bonds is 3. The fraction of sp³-hybridized carbons (Fsp3) is 0.214. The van der Waals surface area contributed by atoms with E-state index in [-0.39, 0.29) is 0 Å². The average molecular weight is 274 g/mol. The van der Waals surface area contributed by atoms with Gasteiger partial charge in [0.2, 0.25) is 0 Å². The van der Waals surface area contributed by atoms with Crippen molar-refractivity contribution < 1.29 is 0 Å². The Balaban J connectivity index is 2.01. The zero-order chi connectivity index (χ0) is 12.5. The van der Waals surface area contributed by atoms with Crippen molar-refractivity contribution in [2.45, 2.75) is 19.9 Å². The highest BCUT2D eigenvalue weighted by atomic mass is 32.1. The first kappa shape index (κ1) is 11.7. The summed E-state index contributed by atoms with van der Waals surface area (Å²) in [7, 11) is 0. The van der Waals surface area contributed by atoms with Crippen molar-refractivity contribution in [1.82, 2.24) is 9.55 Å². The molecule has 0 bridgehead atoms. The zero-order valence-corrected chi connectivity index (χ0v) is 11.8. The van der Waals surface area contributed by atoms with Crippen LogP contribution in [-0.4, -0.2) is 9.55 Å². The molecule has 2 heterocycles. The van der Waals surface area contributed by atoms with Gasteiger partial charge in [0.25, 0.3) is 0 Å². The maximum Gasteiger partial charge on any atom is 0.178 e. The predicted octanol–water partition coefficient (Wildman–Crippen LogP) is 4.31. The maximum atomic E-state index is 5.42. The summed E-state index contributed by atoms with van der Waals surface area (Å²) in [5, 5.41) is 4.32. The summed E-state index contributed by atoms with van der Waals surface area (Å²) in [6.45, 7) is 3.06. The molecule has 18 heavy (non-hydrogen) atoms. The first-order valence-electron chi connectivity index (χ1n) is 5.95. The normalized spacial score (nSPS) is 11.2. The number of nitrogens with one attached hydrogen (secondary N) is 1. The van der Waals surface area contributed by atoms with Crippen LogP contribution >= 0.6 is 23.6 Å². The third-order valence-electron chi connectivity index (χ3n) is 3.20. The highest BCUT2D eigenvalue weighted by Gasteiger charge is 2.06. The van der Waals surface area contributed by atoms with E-state index in [4.69, 9.17) is 12.2 Å². The van der Waals surface area contributed by atoms with Crippen LogP contribution in [0.15, 0.2) is 35.0 Å². The van der Waals surface area contributed by atoms with E-state index in [0.29, 0.717) is 0 Å². The minimum atomic E-state index is 0.814. The van der Waals surface area contributed by atoms with Gasteiger partial charge in [-0.25, -0.2) is 0 Å². The van der Waals surface area contributed by atoms with Crippen LogP contribution in [0.1, 0.15) is 11.1 Å². The molecule has 0 spiro atoms. The minimum Gasteiger partial charge on any atom is -0.331 e. The molecule has 0 atom stereocenters. The molecule has 0 saturated heterocycles. The van der Waals surface area contributed by atoms with Crippen molar-refractivity contribution in [2.75, 3.05) is 0 Å². The lowest BCUT2D eigenvalue weighted by Gasteiger charge is -2.05. The molecule has 2 nitrogen and oxygen atoms in total. The Labute approximate surface area is 115 Å². The topological polar surface area (TPSA) is 20.7 Å². The Morgan fingerprint density at radius 1 is 1.33 bits per heavy atom. The first-order valence-corrected chi connectivity index (χ1v) is 7.30. The van der Waals surface area contributed by atoms with E-state index < -0.39 is 0 Å². The Bertz CT molecular complexity index is 720. The average Bonchev–Trinajstić information content (AvgIpc) is 2.94. The van der Waals surface area contributed by atoms with Gasteiger partial charge in [-0.05, 0) is 59.6 Å². The Morgan fingerprint density at radius 3 is 3.00 bits per heavy atom. The van der Waals surface area contributed by atoms with Gasteiger partial charge in [-0.15, -0.1) is 0 Å². The van der Waals surface area contributed by atoms with Gasteiger partial charge in [0.15, 0.2) is 4.77 Å². The van der Waals surface area contributed by atoms with Gasteiger partial charge < -0.3 is 9.55 Å². The minimum absolute atomic E-state index is 0.814. The number of hydrogen-bond donors (Lipinski definition) is 1. The smallest absolute Gasteiger partial charge is 0.178 e. The molecule has 4 heteroatoms. The largest absolute Gasteiger partial charge is 0.331 e. The van der Waals surface area contributed by atoms with Gasteiger partial charge in [0, 0.05) is 6.54 Å². The molecule has 0 unspecified atom stereocenters. The second-order valence-electron chi connectivity index (χ2n) is 4.43. The van der Waals surface area contributed by atoms with Gasteiger partial charge in [0.05, 0.1) is 11.0 Å². The lowest BCUT2D eigenvalue weighted by Crippen LogP contribution is -2.01. The van der Waals surface area contributed by atoms with E-state index in [1.165, 1.54) is 16.6 Å². The van der Waals surface area contributed by atoms with Gasteiger partial charge in [0.1, 0.15) is 0 Å². The molecule has 92 valence electrons.